The maximum absolute atomic E-state index is 13.4. The smallest absolute Gasteiger partial charge is 0.354 e. The Morgan fingerprint density at radius 2 is 1.60 bits per heavy atom. The summed E-state index contributed by atoms with van der Waals surface area (Å²) >= 11 is 1.24. The molecular formula is C22H19F3N2O2S. The van der Waals surface area contributed by atoms with E-state index in [-0.39, 0.29) is 12.2 Å². The van der Waals surface area contributed by atoms with Gasteiger partial charge >= 0.3 is 12.1 Å². The van der Waals surface area contributed by atoms with Crippen LogP contribution in [0.25, 0.3) is 0 Å². The lowest BCUT2D eigenvalue weighted by Gasteiger charge is -2.31. The molecule has 1 heterocycles. The largest absolute Gasteiger partial charge is 0.471 e. The van der Waals surface area contributed by atoms with Gasteiger partial charge in [0, 0.05) is 12.2 Å². The average molecular weight is 432 g/mol. The molecule has 0 aliphatic carbocycles. The number of amides is 2. The second kappa shape index (κ2) is 9.58. The quantitative estimate of drug-likeness (QED) is 0.586. The molecule has 30 heavy (non-hydrogen) atoms. The lowest BCUT2D eigenvalue weighted by atomic mass is 10.1. The van der Waals surface area contributed by atoms with Crippen LogP contribution in [-0.4, -0.2) is 24.5 Å². The van der Waals surface area contributed by atoms with E-state index < -0.39 is 24.0 Å². The van der Waals surface area contributed by atoms with Gasteiger partial charge in [-0.1, -0.05) is 48.5 Å². The summed E-state index contributed by atoms with van der Waals surface area (Å²) < 4.78 is 40.2. The third-order valence-electron chi connectivity index (χ3n) is 4.42. The van der Waals surface area contributed by atoms with E-state index >= 15 is 0 Å². The molecule has 4 nitrogen and oxygen atoms in total. The summed E-state index contributed by atoms with van der Waals surface area (Å²) in [5.41, 5.74) is 1.30. The molecule has 0 radical (unpaired) electrons. The first-order valence-corrected chi connectivity index (χ1v) is 10.1. The molecule has 2 amide bonds. The van der Waals surface area contributed by atoms with Crippen molar-refractivity contribution in [1.82, 2.24) is 5.32 Å². The van der Waals surface area contributed by atoms with Crippen LogP contribution in [0.4, 0.5) is 18.9 Å². The van der Waals surface area contributed by atoms with Gasteiger partial charge in [-0.2, -0.15) is 24.5 Å². The molecule has 3 rings (SSSR count). The predicted molar refractivity (Wildman–Crippen MR) is 110 cm³/mol. The van der Waals surface area contributed by atoms with E-state index in [0.29, 0.717) is 16.9 Å². The van der Waals surface area contributed by atoms with E-state index in [1.54, 1.807) is 22.9 Å². The summed E-state index contributed by atoms with van der Waals surface area (Å²) in [5, 5.41) is 5.90. The number of rotatable bonds is 7. The Balaban J connectivity index is 1.90. The number of thiophene rings is 1. The fraction of sp³-hybridized carbons (Fsp3) is 0.182. The summed E-state index contributed by atoms with van der Waals surface area (Å²) in [4.78, 5) is 25.9. The summed E-state index contributed by atoms with van der Waals surface area (Å²) in [7, 11) is 0. The Morgan fingerprint density at radius 1 is 0.967 bits per heavy atom. The molecule has 3 aromatic rings. The van der Waals surface area contributed by atoms with Crippen LogP contribution in [0.1, 0.15) is 17.2 Å². The summed E-state index contributed by atoms with van der Waals surface area (Å²) in [5.74, 6) is -2.77. The van der Waals surface area contributed by atoms with Crippen molar-refractivity contribution in [3.63, 3.8) is 0 Å². The zero-order valence-corrected chi connectivity index (χ0v) is 16.6. The van der Waals surface area contributed by atoms with Crippen molar-refractivity contribution in [1.29, 1.82) is 0 Å². The minimum absolute atomic E-state index is 0.00534. The van der Waals surface area contributed by atoms with Crippen molar-refractivity contribution in [3.05, 3.63) is 88.6 Å². The van der Waals surface area contributed by atoms with E-state index in [2.05, 4.69) is 5.32 Å². The van der Waals surface area contributed by atoms with Crippen molar-refractivity contribution >= 4 is 28.8 Å². The third kappa shape index (κ3) is 5.27. The third-order valence-corrected chi connectivity index (χ3v) is 5.12. The molecule has 0 saturated carbocycles. The average Bonchev–Trinajstić information content (AvgIpc) is 3.26. The van der Waals surface area contributed by atoms with Gasteiger partial charge in [-0.25, -0.2) is 0 Å². The molecule has 0 aliphatic rings. The number of nitrogens with zero attached hydrogens (tertiary/aromatic N) is 1. The summed E-state index contributed by atoms with van der Waals surface area (Å²) in [6, 6.07) is 16.9. The van der Waals surface area contributed by atoms with Gasteiger partial charge in [-0.05, 0) is 46.5 Å². The highest BCUT2D eigenvalue weighted by molar-refractivity contribution is 7.08. The fourth-order valence-electron chi connectivity index (χ4n) is 3.03. The molecule has 156 valence electrons. The van der Waals surface area contributed by atoms with Crippen molar-refractivity contribution < 1.29 is 22.8 Å². The number of halogens is 3. The van der Waals surface area contributed by atoms with Gasteiger partial charge in [0.25, 0.3) is 0 Å². The van der Waals surface area contributed by atoms with Crippen molar-refractivity contribution in [2.45, 2.75) is 18.6 Å². The van der Waals surface area contributed by atoms with Crippen molar-refractivity contribution in [2.75, 3.05) is 11.4 Å². The number of benzene rings is 2. The molecular weight excluding hydrogens is 413 g/mol. The number of anilines is 1. The van der Waals surface area contributed by atoms with Gasteiger partial charge in [-0.15, -0.1) is 0 Å². The monoisotopic (exact) mass is 432 g/mol. The van der Waals surface area contributed by atoms with Crippen LogP contribution in [0, 0.1) is 0 Å². The maximum Gasteiger partial charge on any atom is 0.471 e. The number of hydrogen-bond donors (Lipinski definition) is 1. The highest BCUT2D eigenvalue weighted by Gasteiger charge is 2.47. The van der Waals surface area contributed by atoms with E-state index in [1.807, 2.05) is 30.3 Å². The standard InChI is InChI=1S/C22H19F3N2O2S/c23-22(24,25)21(29)27(18-9-5-2-6-10-18)19(17-12-14-30-15-17)20(28)26-13-11-16-7-3-1-4-8-16/h1-10,12,14-15,19H,11,13H2,(H,26,28). The predicted octanol–water partition coefficient (Wildman–Crippen LogP) is 4.74. The maximum atomic E-state index is 13.4. The normalized spacial score (nSPS) is 12.2. The Morgan fingerprint density at radius 3 is 2.17 bits per heavy atom. The van der Waals surface area contributed by atoms with Crippen molar-refractivity contribution in [3.8, 4) is 0 Å². The molecule has 0 aliphatic heterocycles. The van der Waals surface area contributed by atoms with E-state index in [1.165, 1.54) is 35.6 Å². The molecule has 1 unspecified atom stereocenters. The van der Waals surface area contributed by atoms with Crippen LogP contribution in [0.2, 0.25) is 0 Å². The van der Waals surface area contributed by atoms with E-state index in [0.717, 1.165) is 5.56 Å². The van der Waals surface area contributed by atoms with Crippen LogP contribution < -0.4 is 10.2 Å². The van der Waals surface area contributed by atoms with Gasteiger partial charge in [0.05, 0.1) is 0 Å². The Kier molecular flexibility index (Phi) is 6.89. The molecule has 2 aromatic carbocycles. The second-order valence-corrected chi connectivity index (χ2v) is 7.27. The molecule has 0 saturated heterocycles. The van der Waals surface area contributed by atoms with Gasteiger partial charge in [0.15, 0.2) is 0 Å². The van der Waals surface area contributed by atoms with Gasteiger partial charge in [-0.3, -0.25) is 14.5 Å². The zero-order chi connectivity index (χ0) is 21.6. The van der Waals surface area contributed by atoms with Gasteiger partial charge in [0.2, 0.25) is 5.91 Å². The Bertz CT molecular complexity index is 961. The molecule has 1 atom stereocenters. The fourth-order valence-corrected chi connectivity index (χ4v) is 3.71. The van der Waals surface area contributed by atoms with E-state index in [9.17, 15) is 22.8 Å². The Labute approximate surface area is 176 Å². The van der Waals surface area contributed by atoms with Crippen LogP contribution >= 0.6 is 11.3 Å². The number of carbonyl (C=O) groups excluding carboxylic acids is 2. The topological polar surface area (TPSA) is 49.4 Å². The lowest BCUT2D eigenvalue weighted by Crippen LogP contribution is -2.49. The lowest BCUT2D eigenvalue weighted by molar-refractivity contribution is -0.171. The molecule has 8 heteroatoms. The molecule has 0 spiro atoms. The first kappa shape index (κ1) is 21.6. The number of nitrogens with one attached hydrogen (secondary N) is 1. The SMILES string of the molecule is O=C(NCCc1ccccc1)C(c1ccsc1)N(C(=O)C(F)(F)F)c1ccccc1. The number of para-hydroxylation sites is 1. The highest BCUT2D eigenvalue weighted by atomic mass is 32.1. The van der Waals surface area contributed by atoms with E-state index in [4.69, 9.17) is 0 Å². The highest BCUT2D eigenvalue weighted by Crippen LogP contribution is 2.33. The minimum Gasteiger partial charge on any atom is -0.354 e. The molecule has 1 aromatic heterocycles. The Hall–Kier alpha value is -3.13. The second-order valence-electron chi connectivity index (χ2n) is 6.49. The van der Waals surface area contributed by atoms with Crippen LogP contribution in [0.3, 0.4) is 0 Å². The molecule has 0 bridgehead atoms. The zero-order valence-electron chi connectivity index (χ0n) is 15.8. The van der Waals surface area contributed by atoms with Crippen LogP contribution in [0.5, 0.6) is 0 Å². The van der Waals surface area contributed by atoms with Crippen LogP contribution in [-0.2, 0) is 16.0 Å². The van der Waals surface area contributed by atoms with Crippen LogP contribution in [0.15, 0.2) is 77.5 Å². The number of hydrogen-bond acceptors (Lipinski definition) is 3. The van der Waals surface area contributed by atoms with Gasteiger partial charge in [0.1, 0.15) is 6.04 Å². The van der Waals surface area contributed by atoms with Crippen molar-refractivity contribution in [2.24, 2.45) is 0 Å². The first-order chi connectivity index (χ1) is 14.4. The minimum atomic E-state index is -5.13. The van der Waals surface area contributed by atoms with Gasteiger partial charge < -0.3 is 5.32 Å². The summed E-state index contributed by atoms with van der Waals surface area (Å²) in [6.45, 7) is 0.228. The molecule has 0 fully saturated rings. The summed E-state index contributed by atoms with van der Waals surface area (Å²) in [6.07, 6.45) is -4.62. The number of carbonyl (C=O) groups is 2. The first-order valence-electron chi connectivity index (χ1n) is 9.17. The molecule has 1 N–H and O–H groups in total. The number of alkyl halides is 3.